The van der Waals surface area contributed by atoms with Crippen molar-refractivity contribution in [3.05, 3.63) is 0 Å². The fourth-order valence-electron chi connectivity index (χ4n) is 6.10. The van der Waals surface area contributed by atoms with Crippen LogP contribution in [0.15, 0.2) is 0 Å². The van der Waals surface area contributed by atoms with Gasteiger partial charge in [-0.1, -0.05) is 149 Å². The minimum absolute atomic E-state index is 0.376. The number of hydrogen-bond donors (Lipinski definition) is 0. The minimum Gasteiger partial charge on any atom is -0.465 e. The molecule has 0 bridgehead atoms. The van der Waals surface area contributed by atoms with E-state index in [2.05, 4.69) is 44.7 Å². The van der Waals surface area contributed by atoms with Gasteiger partial charge in [-0.2, -0.15) is 0 Å². The van der Waals surface area contributed by atoms with Gasteiger partial charge in [0.1, 0.15) is 0 Å². The molecule has 0 heterocycles. The molecule has 6 heteroatoms. The molecule has 46 heavy (non-hydrogen) atoms. The van der Waals surface area contributed by atoms with Crippen molar-refractivity contribution in [2.75, 3.05) is 53.5 Å². The molecule has 6 nitrogen and oxygen atoms in total. The number of rotatable bonds is 36. The quantitative estimate of drug-likeness (QED) is 0.0381. The fraction of sp³-hybridized carbons (Fsp3) is 0.950. The molecular weight excluding hydrogens is 572 g/mol. The van der Waals surface area contributed by atoms with E-state index in [1.165, 1.54) is 129 Å². The van der Waals surface area contributed by atoms with Crippen LogP contribution >= 0.6 is 0 Å². The molecule has 0 N–H and O–H groups in total. The van der Waals surface area contributed by atoms with E-state index in [9.17, 15) is 9.59 Å². The molecular formula is C40H80N2O4. The number of carbonyl (C=O) groups excluding carboxylic acids is 2. The van der Waals surface area contributed by atoms with E-state index in [1.54, 1.807) is 0 Å². The van der Waals surface area contributed by atoms with Gasteiger partial charge in [0, 0.05) is 0 Å². The lowest BCUT2D eigenvalue weighted by molar-refractivity contribution is -0.162. The van der Waals surface area contributed by atoms with Crippen LogP contribution in [-0.2, 0) is 19.1 Å². The van der Waals surface area contributed by atoms with Crippen LogP contribution in [0.1, 0.15) is 188 Å². The average Bonchev–Trinajstić information content (AvgIpc) is 3.04. The first-order valence-corrected chi connectivity index (χ1v) is 20.2. The summed E-state index contributed by atoms with van der Waals surface area (Å²) < 4.78 is 11.2. The van der Waals surface area contributed by atoms with Gasteiger partial charge in [-0.25, -0.2) is 0 Å². The second-order valence-corrected chi connectivity index (χ2v) is 14.1. The third-order valence-corrected chi connectivity index (χ3v) is 9.18. The number of carbonyl (C=O) groups is 2. The lowest BCUT2D eigenvalue weighted by Gasteiger charge is -2.23. The maximum Gasteiger partial charge on any atom is 0.320 e. The first kappa shape index (κ1) is 44.9. The summed E-state index contributed by atoms with van der Waals surface area (Å²) in [5, 5.41) is 0. The van der Waals surface area contributed by atoms with Crippen molar-refractivity contribution < 1.29 is 19.1 Å². The molecule has 0 aromatic heterocycles. The highest BCUT2D eigenvalue weighted by Gasteiger charge is 2.29. The van der Waals surface area contributed by atoms with Gasteiger partial charge in [0.05, 0.1) is 13.2 Å². The van der Waals surface area contributed by atoms with Crippen molar-refractivity contribution in [1.82, 2.24) is 9.80 Å². The third kappa shape index (κ3) is 30.2. The van der Waals surface area contributed by atoms with Gasteiger partial charge in [-0.05, 0) is 78.8 Å². The molecule has 0 aliphatic rings. The lowest BCUT2D eigenvalue weighted by atomic mass is 10.0. The summed E-state index contributed by atoms with van der Waals surface area (Å²) in [4.78, 5) is 30.9. The molecule has 0 fully saturated rings. The van der Waals surface area contributed by atoms with Crippen molar-refractivity contribution in [3.63, 3.8) is 0 Å². The van der Waals surface area contributed by atoms with E-state index in [0.717, 1.165) is 58.0 Å². The second kappa shape index (κ2) is 35.2. The van der Waals surface area contributed by atoms with E-state index < -0.39 is 5.92 Å². The summed E-state index contributed by atoms with van der Waals surface area (Å²) in [5.74, 6) is -1.53. The molecule has 0 saturated carbocycles. The number of ether oxygens (including phenoxy) is 2. The Morgan fingerprint density at radius 2 is 0.783 bits per heavy atom. The Balaban J connectivity index is 4.58. The van der Waals surface area contributed by atoms with Gasteiger partial charge < -0.3 is 19.3 Å². The maximum atomic E-state index is 13.0. The smallest absolute Gasteiger partial charge is 0.320 e. The Kier molecular flexibility index (Phi) is 34.3. The van der Waals surface area contributed by atoms with E-state index in [4.69, 9.17) is 9.47 Å². The zero-order valence-corrected chi connectivity index (χ0v) is 31.7. The first-order chi connectivity index (χ1) is 22.5. The Bertz CT molecular complexity index is 627. The summed E-state index contributed by atoms with van der Waals surface area (Å²) in [5.41, 5.74) is 0. The Hall–Kier alpha value is -1.14. The zero-order valence-electron chi connectivity index (χ0n) is 31.7. The van der Waals surface area contributed by atoms with Crippen molar-refractivity contribution in [2.24, 2.45) is 5.92 Å². The molecule has 0 saturated heterocycles. The summed E-state index contributed by atoms with van der Waals surface area (Å²) >= 11 is 0. The van der Waals surface area contributed by atoms with Gasteiger partial charge in [0.15, 0.2) is 5.92 Å². The number of unbranched alkanes of at least 4 members (excludes halogenated alkanes) is 20. The highest BCUT2D eigenvalue weighted by Crippen LogP contribution is 2.17. The molecule has 0 aromatic rings. The molecule has 0 atom stereocenters. The highest BCUT2D eigenvalue weighted by molar-refractivity contribution is 5.94. The lowest BCUT2D eigenvalue weighted by Crippen LogP contribution is -2.29. The number of nitrogens with zero attached hydrogens (tertiary/aromatic N) is 2. The fourth-order valence-corrected chi connectivity index (χ4v) is 6.10. The number of hydrogen-bond acceptors (Lipinski definition) is 6. The Labute approximate surface area is 287 Å². The molecule has 0 aliphatic heterocycles. The highest BCUT2D eigenvalue weighted by atomic mass is 16.6. The van der Waals surface area contributed by atoms with E-state index in [1.807, 2.05) is 0 Å². The van der Waals surface area contributed by atoms with Gasteiger partial charge >= 0.3 is 11.9 Å². The number of esters is 2. The van der Waals surface area contributed by atoms with Crippen LogP contribution < -0.4 is 0 Å². The topological polar surface area (TPSA) is 59.1 Å². The van der Waals surface area contributed by atoms with Gasteiger partial charge in [0.25, 0.3) is 0 Å². The predicted octanol–water partition coefficient (Wildman–Crippen LogP) is 10.8. The van der Waals surface area contributed by atoms with E-state index in [-0.39, 0.29) is 11.9 Å². The van der Waals surface area contributed by atoms with E-state index in [0.29, 0.717) is 19.6 Å². The first-order valence-electron chi connectivity index (χ1n) is 20.2. The second-order valence-electron chi connectivity index (χ2n) is 14.1. The monoisotopic (exact) mass is 653 g/mol. The van der Waals surface area contributed by atoms with Crippen LogP contribution in [0.2, 0.25) is 0 Å². The van der Waals surface area contributed by atoms with Crippen molar-refractivity contribution in [2.45, 2.75) is 188 Å². The van der Waals surface area contributed by atoms with Gasteiger partial charge in [-0.15, -0.1) is 0 Å². The van der Waals surface area contributed by atoms with E-state index >= 15 is 0 Å². The summed E-state index contributed by atoms with van der Waals surface area (Å²) in [7, 11) is 4.32. The van der Waals surface area contributed by atoms with Gasteiger partial charge in [0.2, 0.25) is 0 Å². The van der Waals surface area contributed by atoms with Crippen molar-refractivity contribution >= 4 is 11.9 Å². The van der Waals surface area contributed by atoms with Gasteiger partial charge in [-0.3, -0.25) is 9.59 Å². The summed E-state index contributed by atoms with van der Waals surface area (Å²) in [6.07, 6.45) is 30.6. The molecule has 0 amide bonds. The minimum atomic E-state index is -0.773. The average molecular weight is 653 g/mol. The normalized spacial score (nSPS) is 11.7. The largest absolute Gasteiger partial charge is 0.465 e. The zero-order chi connectivity index (χ0) is 33.9. The van der Waals surface area contributed by atoms with Crippen LogP contribution in [0.5, 0.6) is 0 Å². The Morgan fingerprint density at radius 1 is 0.435 bits per heavy atom. The maximum absolute atomic E-state index is 13.0. The van der Waals surface area contributed by atoms with Crippen LogP contribution in [0.25, 0.3) is 0 Å². The van der Waals surface area contributed by atoms with Crippen molar-refractivity contribution in [1.29, 1.82) is 0 Å². The van der Waals surface area contributed by atoms with Crippen molar-refractivity contribution in [3.8, 4) is 0 Å². The molecule has 274 valence electrons. The Morgan fingerprint density at radius 3 is 1.20 bits per heavy atom. The molecule has 0 aromatic carbocycles. The third-order valence-electron chi connectivity index (χ3n) is 9.18. The molecule has 0 aliphatic carbocycles. The van der Waals surface area contributed by atoms with Crippen LogP contribution in [0.4, 0.5) is 0 Å². The summed E-state index contributed by atoms with van der Waals surface area (Å²) in [6.45, 7) is 12.2. The molecule has 0 unspecified atom stereocenters. The summed E-state index contributed by atoms with van der Waals surface area (Å²) in [6, 6.07) is 0. The van der Waals surface area contributed by atoms with Crippen LogP contribution in [0, 0.1) is 5.92 Å². The molecule has 0 spiro atoms. The van der Waals surface area contributed by atoms with Crippen LogP contribution in [-0.4, -0.2) is 75.2 Å². The predicted molar refractivity (Wildman–Crippen MR) is 197 cm³/mol. The standard InChI is InChI=1S/C40H80N2O4/c1-6-9-12-15-18-19-21-26-33-42(35-30-32-41(4)5)34-27-22-20-25-31-38(39(43)45-36-28-23-16-13-10-7-2)40(44)46-37-29-24-17-14-11-8-3/h38H,6-37H2,1-5H3. The molecule has 0 rings (SSSR count). The van der Waals surface area contributed by atoms with Crippen LogP contribution in [0.3, 0.4) is 0 Å². The molecule has 0 radical (unpaired) electrons. The SMILES string of the molecule is CCCCCCCCCCN(CCCCCCC(C(=O)OCCCCCCCC)C(=O)OCCCCCCCC)CCCN(C)C.